The predicted molar refractivity (Wildman–Crippen MR) is 75.0 cm³/mol. The zero-order valence-electron chi connectivity index (χ0n) is 10.1. The summed E-state index contributed by atoms with van der Waals surface area (Å²) in [6.07, 6.45) is 2.10. The van der Waals surface area contributed by atoms with Crippen LogP contribution in [0.5, 0.6) is 0 Å². The number of rotatable bonds is 3. The number of hydrogen-bond acceptors (Lipinski definition) is 3. The van der Waals surface area contributed by atoms with Gasteiger partial charge in [0.25, 0.3) is 0 Å². The smallest absolute Gasteiger partial charge is 0.243 e. The van der Waals surface area contributed by atoms with E-state index in [1.165, 1.54) is 12.1 Å². The van der Waals surface area contributed by atoms with Gasteiger partial charge in [0, 0.05) is 6.04 Å². The number of nitrogens with one attached hydrogen (secondary N) is 1. The van der Waals surface area contributed by atoms with Gasteiger partial charge in [-0.15, -0.1) is 0 Å². The van der Waals surface area contributed by atoms with E-state index in [2.05, 4.69) is 4.72 Å². The molecule has 0 heterocycles. The zero-order chi connectivity index (χ0) is 14.0. The standard InChI is InChI=1S/C12H15Cl2NO3S/c13-10-2-1-3-11(14)12(10)19(17,18)15-8-4-6-9(16)7-5-8/h1-3,8-9,15-16H,4-7H2. The van der Waals surface area contributed by atoms with Crippen molar-refractivity contribution in [3.05, 3.63) is 28.2 Å². The van der Waals surface area contributed by atoms with Crippen LogP contribution in [0.3, 0.4) is 0 Å². The molecule has 0 saturated heterocycles. The van der Waals surface area contributed by atoms with Gasteiger partial charge in [0.2, 0.25) is 10.0 Å². The zero-order valence-corrected chi connectivity index (χ0v) is 12.5. The second-order valence-corrected chi connectivity index (χ2v) is 7.14. The van der Waals surface area contributed by atoms with Crippen LogP contribution in [0.2, 0.25) is 10.0 Å². The Kier molecular flexibility index (Phi) is 4.74. The molecule has 1 aromatic rings. The van der Waals surface area contributed by atoms with E-state index < -0.39 is 10.0 Å². The lowest BCUT2D eigenvalue weighted by Crippen LogP contribution is -2.38. The van der Waals surface area contributed by atoms with Gasteiger partial charge in [0.15, 0.2) is 0 Å². The highest BCUT2D eigenvalue weighted by Gasteiger charge is 2.27. The molecule has 0 unspecified atom stereocenters. The molecule has 0 aromatic heterocycles. The third-order valence-electron chi connectivity index (χ3n) is 3.21. The van der Waals surface area contributed by atoms with E-state index in [1.54, 1.807) is 6.07 Å². The van der Waals surface area contributed by atoms with Gasteiger partial charge in [-0.1, -0.05) is 29.3 Å². The molecule has 7 heteroatoms. The molecule has 0 bridgehead atoms. The molecule has 1 aliphatic rings. The number of aliphatic hydroxyl groups excluding tert-OH is 1. The van der Waals surface area contributed by atoms with Crippen LogP contribution in [-0.2, 0) is 10.0 Å². The summed E-state index contributed by atoms with van der Waals surface area (Å²) in [6.45, 7) is 0. The van der Waals surface area contributed by atoms with E-state index in [4.69, 9.17) is 23.2 Å². The normalized spacial score (nSPS) is 24.4. The van der Waals surface area contributed by atoms with Crippen molar-refractivity contribution in [1.82, 2.24) is 4.72 Å². The summed E-state index contributed by atoms with van der Waals surface area (Å²) in [5, 5.41) is 9.63. The molecule has 19 heavy (non-hydrogen) atoms. The summed E-state index contributed by atoms with van der Waals surface area (Å²) in [5.41, 5.74) is 0. The molecule has 106 valence electrons. The van der Waals surface area contributed by atoms with Gasteiger partial charge >= 0.3 is 0 Å². The van der Waals surface area contributed by atoms with E-state index in [0.717, 1.165) is 0 Å². The van der Waals surface area contributed by atoms with Crippen molar-refractivity contribution in [3.63, 3.8) is 0 Å². The molecule has 2 rings (SSSR count). The lowest BCUT2D eigenvalue weighted by atomic mass is 9.94. The van der Waals surface area contributed by atoms with Crippen LogP contribution in [0, 0.1) is 0 Å². The summed E-state index contributed by atoms with van der Waals surface area (Å²) in [4.78, 5) is -0.0792. The number of hydrogen-bond donors (Lipinski definition) is 2. The number of halogens is 2. The first-order valence-electron chi connectivity index (χ1n) is 6.04. The molecule has 1 saturated carbocycles. The van der Waals surface area contributed by atoms with Crippen LogP contribution < -0.4 is 4.72 Å². The monoisotopic (exact) mass is 323 g/mol. The molecule has 0 amide bonds. The fourth-order valence-electron chi connectivity index (χ4n) is 2.21. The molecule has 1 aliphatic carbocycles. The van der Waals surface area contributed by atoms with Gasteiger partial charge in [-0.3, -0.25) is 0 Å². The largest absolute Gasteiger partial charge is 0.393 e. The molecular weight excluding hydrogens is 309 g/mol. The lowest BCUT2D eigenvalue weighted by molar-refractivity contribution is 0.120. The number of sulfonamides is 1. The molecule has 0 spiro atoms. The highest BCUT2D eigenvalue weighted by Crippen LogP contribution is 2.30. The maximum Gasteiger partial charge on any atom is 0.243 e. The van der Waals surface area contributed by atoms with E-state index in [9.17, 15) is 13.5 Å². The average molecular weight is 324 g/mol. The Balaban J connectivity index is 2.19. The molecule has 4 nitrogen and oxygen atoms in total. The molecule has 2 N–H and O–H groups in total. The fraction of sp³-hybridized carbons (Fsp3) is 0.500. The molecule has 1 aromatic carbocycles. The van der Waals surface area contributed by atoms with Crippen molar-refractivity contribution in [2.75, 3.05) is 0 Å². The van der Waals surface area contributed by atoms with Crippen LogP contribution in [0.25, 0.3) is 0 Å². The Hall–Kier alpha value is -0.330. The maximum atomic E-state index is 12.3. The van der Waals surface area contributed by atoms with Gasteiger partial charge in [-0.2, -0.15) is 0 Å². The molecule has 0 atom stereocenters. The molecular formula is C12H15Cl2NO3S. The van der Waals surface area contributed by atoms with E-state index in [1.807, 2.05) is 0 Å². The Morgan fingerprint density at radius 1 is 1.11 bits per heavy atom. The van der Waals surface area contributed by atoms with Gasteiger partial charge < -0.3 is 5.11 Å². The van der Waals surface area contributed by atoms with Crippen molar-refractivity contribution in [1.29, 1.82) is 0 Å². The Morgan fingerprint density at radius 3 is 2.16 bits per heavy atom. The summed E-state index contributed by atoms with van der Waals surface area (Å²) < 4.78 is 27.2. The van der Waals surface area contributed by atoms with Crippen molar-refractivity contribution in [3.8, 4) is 0 Å². The van der Waals surface area contributed by atoms with Crippen molar-refractivity contribution in [2.24, 2.45) is 0 Å². The Bertz CT molecular complexity index is 534. The van der Waals surface area contributed by atoms with Crippen molar-refractivity contribution < 1.29 is 13.5 Å². The predicted octanol–water partition coefficient (Wildman–Crippen LogP) is 2.58. The SMILES string of the molecule is O=S(=O)(NC1CCC(O)CC1)c1c(Cl)cccc1Cl. The minimum Gasteiger partial charge on any atom is -0.393 e. The second-order valence-electron chi connectivity index (χ2n) is 4.68. The summed E-state index contributed by atoms with van der Waals surface area (Å²) in [7, 11) is -3.73. The van der Waals surface area contributed by atoms with Crippen molar-refractivity contribution in [2.45, 2.75) is 42.7 Å². The van der Waals surface area contributed by atoms with Gasteiger partial charge in [0.05, 0.1) is 16.1 Å². The fourth-order valence-corrected chi connectivity index (χ4v) is 4.66. The van der Waals surface area contributed by atoms with Crippen LogP contribution in [0.1, 0.15) is 25.7 Å². The van der Waals surface area contributed by atoms with E-state index in [-0.39, 0.29) is 27.1 Å². The maximum absolute atomic E-state index is 12.3. The Morgan fingerprint density at radius 2 is 1.63 bits per heavy atom. The third-order valence-corrected chi connectivity index (χ3v) is 5.68. The Labute approximate surface area is 122 Å². The minimum atomic E-state index is -3.73. The molecule has 0 aliphatic heterocycles. The first kappa shape index (κ1) is 15.1. The van der Waals surface area contributed by atoms with Crippen LogP contribution in [0.15, 0.2) is 23.1 Å². The lowest BCUT2D eigenvalue weighted by Gasteiger charge is -2.26. The molecule has 1 fully saturated rings. The second kappa shape index (κ2) is 5.97. The van der Waals surface area contributed by atoms with E-state index >= 15 is 0 Å². The van der Waals surface area contributed by atoms with Crippen LogP contribution >= 0.6 is 23.2 Å². The molecule has 0 radical (unpaired) electrons. The number of aliphatic hydroxyl groups is 1. The topological polar surface area (TPSA) is 66.4 Å². The highest BCUT2D eigenvalue weighted by molar-refractivity contribution is 7.89. The van der Waals surface area contributed by atoms with Gasteiger partial charge in [0.1, 0.15) is 4.90 Å². The average Bonchev–Trinajstić information content (AvgIpc) is 2.31. The third kappa shape index (κ3) is 3.61. The summed E-state index contributed by atoms with van der Waals surface area (Å²) in [6, 6.07) is 4.40. The van der Waals surface area contributed by atoms with Crippen LogP contribution in [0.4, 0.5) is 0 Å². The van der Waals surface area contributed by atoms with Crippen LogP contribution in [-0.4, -0.2) is 25.7 Å². The van der Waals surface area contributed by atoms with Gasteiger partial charge in [-0.25, -0.2) is 13.1 Å². The van der Waals surface area contributed by atoms with Crippen molar-refractivity contribution >= 4 is 33.2 Å². The summed E-state index contributed by atoms with van der Waals surface area (Å²) >= 11 is 11.8. The summed E-state index contributed by atoms with van der Waals surface area (Å²) in [5.74, 6) is 0. The first-order valence-corrected chi connectivity index (χ1v) is 8.28. The highest BCUT2D eigenvalue weighted by atomic mass is 35.5. The quantitative estimate of drug-likeness (QED) is 0.898. The first-order chi connectivity index (χ1) is 8.90. The van der Waals surface area contributed by atoms with E-state index in [0.29, 0.717) is 25.7 Å². The number of benzene rings is 1. The minimum absolute atomic E-state index is 0.0792. The van der Waals surface area contributed by atoms with Gasteiger partial charge in [-0.05, 0) is 37.8 Å².